The maximum absolute atomic E-state index is 10.3. The smallest absolute Gasteiger partial charge is 0.0707 e. The van der Waals surface area contributed by atoms with Gasteiger partial charge in [-0.25, -0.2) is 0 Å². The van der Waals surface area contributed by atoms with Gasteiger partial charge >= 0.3 is 0 Å². The van der Waals surface area contributed by atoms with Gasteiger partial charge < -0.3 is 5.11 Å². The molecule has 1 saturated carbocycles. The van der Waals surface area contributed by atoms with E-state index in [1.54, 1.807) is 0 Å². The van der Waals surface area contributed by atoms with Gasteiger partial charge in [-0.2, -0.15) is 5.10 Å². The molecule has 1 aromatic heterocycles. The average Bonchev–Trinajstić information content (AvgIpc) is 2.59. The molecule has 2 aromatic rings. The lowest BCUT2D eigenvalue weighted by Crippen LogP contribution is -2.21. The molecule has 3 rings (SSSR count). The maximum atomic E-state index is 10.3. The molecule has 2 atom stereocenters. The van der Waals surface area contributed by atoms with Gasteiger partial charge in [0.05, 0.1) is 17.3 Å². The summed E-state index contributed by atoms with van der Waals surface area (Å²) in [5, 5.41) is 16.1. The Balaban J connectivity index is 1.88. The van der Waals surface area contributed by atoms with Crippen molar-refractivity contribution in [3.63, 3.8) is 0 Å². The maximum Gasteiger partial charge on any atom is 0.0707 e. The van der Waals surface area contributed by atoms with Gasteiger partial charge in [0.2, 0.25) is 0 Å². The van der Waals surface area contributed by atoms with Crippen molar-refractivity contribution in [2.24, 2.45) is 13.0 Å². The Labute approximate surface area is 114 Å². The van der Waals surface area contributed by atoms with Gasteiger partial charge in [0.15, 0.2) is 0 Å². The second kappa shape index (κ2) is 5.33. The Bertz CT molecular complexity index is 561. The van der Waals surface area contributed by atoms with E-state index in [1.807, 2.05) is 17.8 Å². The van der Waals surface area contributed by atoms with Crippen LogP contribution in [-0.4, -0.2) is 21.0 Å². The molecule has 1 aliphatic carbocycles. The Morgan fingerprint density at radius 3 is 2.89 bits per heavy atom. The molecule has 2 unspecified atom stereocenters. The number of benzene rings is 1. The van der Waals surface area contributed by atoms with Crippen LogP contribution in [-0.2, 0) is 13.5 Å². The lowest BCUT2D eigenvalue weighted by Gasteiger charge is -2.19. The fourth-order valence-electron chi connectivity index (χ4n) is 3.29. The number of nitrogens with zero attached hydrogens (tertiary/aromatic N) is 2. The zero-order valence-electron chi connectivity index (χ0n) is 11.5. The fourth-order valence-corrected chi connectivity index (χ4v) is 3.29. The summed E-state index contributed by atoms with van der Waals surface area (Å²) in [7, 11) is 2.00. The SMILES string of the molecule is Cn1nc(CC2CCCCCC2O)c2ccccc21. The van der Waals surface area contributed by atoms with Crippen molar-refractivity contribution in [3.05, 3.63) is 30.0 Å². The number of aromatic nitrogens is 2. The molecule has 0 amide bonds. The van der Waals surface area contributed by atoms with E-state index in [0.29, 0.717) is 5.92 Å². The van der Waals surface area contributed by atoms with Crippen LogP contribution in [0.25, 0.3) is 10.9 Å². The highest BCUT2D eigenvalue weighted by Gasteiger charge is 2.23. The van der Waals surface area contributed by atoms with Gasteiger partial charge in [-0.1, -0.05) is 37.5 Å². The van der Waals surface area contributed by atoms with Crippen LogP contribution in [0.4, 0.5) is 0 Å². The van der Waals surface area contributed by atoms with Crippen LogP contribution in [0.1, 0.15) is 37.8 Å². The molecule has 1 N–H and O–H groups in total. The summed E-state index contributed by atoms with van der Waals surface area (Å²) >= 11 is 0. The molecule has 102 valence electrons. The molecule has 1 aromatic carbocycles. The molecule has 0 aliphatic heterocycles. The van der Waals surface area contributed by atoms with Gasteiger partial charge in [-0.05, 0) is 31.2 Å². The van der Waals surface area contributed by atoms with E-state index in [4.69, 9.17) is 0 Å². The highest BCUT2D eigenvalue weighted by molar-refractivity contribution is 5.81. The largest absolute Gasteiger partial charge is 0.393 e. The van der Waals surface area contributed by atoms with Crippen molar-refractivity contribution in [3.8, 4) is 0 Å². The van der Waals surface area contributed by atoms with Crippen molar-refractivity contribution >= 4 is 10.9 Å². The third-order valence-electron chi connectivity index (χ3n) is 4.41. The van der Waals surface area contributed by atoms with Gasteiger partial charge in [0.25, 0.3) is 0 Å². The number of aliphatic hydroxyl groups is 1. The van der Waals surface area contributed by atoms with Crippen LogP contribution in [0.5, 0.6) is 0 Å². The van der Waals surface area contributed by atoms with Crippen LogP contribution in [0.15, 0.2) is 24.3 Å². The summed E-state index contributed by atoms with van der Waals surface area (Å²) in [6.45, 7) is 0. The topological polar surface area (TPSA) is 38.0 Å². The first-order valence-corrected chi connectivity index (χ1v) is 7.34. The number of aryl methyl sites for hydroxylation is 1. The third-order valence-corrected chi connectivity index (χ3v) is 4.41. The minimum Gasteiger partial charge on any atom is -0.393 e. The summed E-state index contributed by atoms with van der Waals surface area (Å²) in [5.74, 6) is 0.376. The van der Waals surface area contributed by atoms with Crippen LogP contribution in [0.3, 0.4) is 0 Å². The first-order chi connectivity index (χ1) is 9.25. The zero-order chi connectivity index (χ0) is 13.2. The lowest BCUT2D eigenvalue weighted by molar-refractivity contribution is 0.100. The van der Waals surface area contributed by atoms with E-state index in [2.05, 4.69) is 23.3 Å². The fraction of sp³-hybridized carbons (Fsp3) is 0.562. The summed E-state index contributed by atoms with van der Waals surface area (Å²) in [6, 6.07) is 8.36. The quantitative estimate of drug-likeness (QED) is 0.841. The number of rotatable bonds is 2. The Hall–Kier alpha value is -1.35. The first kappa shape index (κ1) is 12.7. The summed E-state index contributed by atoms with van der Waals surface area (Å²) in [5.41, 5.74) is 2.32. The van der Waals surface area contributed by atoms with E-state index in [0.717, 1.165) is 25.0 Å². The van der Waals surface area contributed by atoms with Crippen LogP contribution < -0.4 is 0 Å². The summed E-state index contributed by atoms with van der Waals surface area (Å²) in [6.07, 6.45) is 6.51. The molecule has 1 fully saturated rings. The molecule has 0 bridgehead atoms. The second-order valence-corrected chi connectivity index (χ2v) is 5.76. The Morgan fingerprint density at radius 2 is 2.00 bits per heavy atom. The molecule has 19 heavy (non-hydrogen) atoms. The van der Waals surface area contributed by atoms with E-state index in [9.17, 15) is 5.11 Å². The predicted octanol–water partition coefficient (Wildman–Crippen LogP) is 3.06. The Morgan fingerprint density at radius 1 is 1.21 bits per heavy atom. The monoisotopic (exact) mass is 258 g/mol. The number of hydrogen-bond donors (Lipinski definition) is 1. The van der Waals surface area contributed by atoms with Gasteiger partial charge in [-0.15, -0.1) is 0 Å². The standard InChI is InChI=1S/C16H22N2O/c1-18-15-9-6-5-8-13(15)14(17-18)11-12-7-3-2-4-10-16(12)19/h5-6,8-9,12,16,19H,2-4,7,10-11H2,1H3. The Kier molecular flexibility index (Phi) is 3.56. The van der Waals surface area contributed by atoms with Crippen LogP contribution in [0, 0.1) is 5.92 Å². The lowest BCUT2D eigenvalue weighted by atomic mass is 9.91. The highest BCUT2D eigenvalue weighted by atomic mass is 16.3. The average molecular weight is 258 g/mol. The van der Waals surface area contributed by atoms with Crippen molar-refractivity contribution in [1.82, 2.24) is 9.78 Å². The molecular weight excluding hydrogens is 236 g/mol. The van der Waals surface area contributed by atoms with E-state index < -0.39 is 0 Å². The van der Waals surface area contributed by atoms with Gasteiger partial charge in [-0.3, -0.25) is 4.68 Å². The molecular formula is C16H22N2O. The van der Waals surface area contributed by atoms with E-state index >= 15 is 0 Å². The van der Waals surface area contributed by atoms with Crippen molar-refractivity contribution in [1.29, 1.82) is 0 Å². The number of hydrogen-bond acceptors (Lipinski definition) is 2. The molecule has 1 heterocycles. The first-order valence-electron chi connectivity index (χ1n) is 7.34. The van der Waals surface area contributed by atoms with E-state index in [-0.39, 0.29) is 6.10 Å². The van der Waals surface area contributed by atoms with Crippen molar-refractivity contribution in [2.75, 3.05) is 0 Å². The minimum atomic E-state index is -0.150. The third kappa shape index (κ3) is 2.52. The molecule has 1 aliphatic rings. The van der Waals surface area contributed by atoms with Crippen molar-refractivity contribution in [2.45, 2.75) is 44.6 Å². The minimum absolute atomic E-state index is 0.150. The van der Waals surface area contributed by atoms with E-state index in [1.165, 1.54) is 30.2 Å². The van der Waals surface area contributed by atoms with Crippen molar-refractivity contribution < 1.29 is 5.11 Å². The summed E-state index contributed by atoms with van der Waals surface area (Å²) < 4.78 is 1.95. The second-order valence-electron chi connectivity index (χ2n) is 5.76. The molecule has 3 nitrogen and oxygen atoms in total. The molecule has 0 spiro atoms. The summed E-state index contributed by atoms with van der Waals surface area (Å²) in [4.78, 5) is 0. The highest BCUT2D eigenvalue weighted by Crippen LogP contribution is 2.28. The van der Waals surface area contributed by atoms with Crippen LogP contribution in [0.2, 0.25) is 0 Å². The van der Waals surface area contributed by atoms with Gasteiger partial charge in [0, 0.05) is 12.4 Å². The zero-order valence-corrected chi connectivity index (χ0v) is 11.5. The van der Waals surface area contributed by atoms with Gasteiger partial charge in [0.1, 0.15) is 0 Å². The number of aliphatic hydroxyl groups excluding tert-OH is 1. The normalized spacial score (nSPS) is 24.5. The molecule has 3 heteroatoms. The number of para-hydroxylation sites is 1. The van der Waals surface area contributed by atoms with Crippen LogP contribution >= 0.6 is 0 Å². The predicted molar refractivity (Wildman–Crippen MR) is 77.0 cm³/mol. The number of fused-ring (bicyclic) bond motifs is 1. The molecule has 0 radical (unpaired) electrons. The molecule has 0 saturated heterocycles.